The van der Waals surface area contributed by atoms with Gasteiger partial charge >= 0.3 is 5.97 Å². The molecule has 1 heterocycles. The van der Waals surface area contributed by atoms with Gasteiger partial charge in [0.2, 0.25) is 5.91 Å². The first-order valence-electron chi connectivity index (χ1n) is 7.25. The van der Waals surface area contributed by atoms with Crippen LogP contribution in [0.3, 0.4) is 0 Å². The molecule has 8 nitrogen and oxygen atoms in total. The van der Waals surface area contributed by atoms with E-state index in [1.165, 1.54) is 47.4 Å². The van der Waals surface area contributed by atoms with E-state index in [1.807, 2.05) is 0 Å². The first-order chi connectivity index (χ1) is 12.0. The van der Waals surface area contributed by atoms with E-state index < -0.39 is 4.92 Å². The predicted octanol–water partition coefficient (Wildman–Crippen LogP) is 2.89. The summed E-state index contributed by atoms with van der Waals surface area (Å²) in [5.74, 6) is -0.440. The Bertz CT molecular complexity index is 761. The summed E-state index contributed by atoms with van der Waals surface area (Å²) in [5, 5.41) is 15.0. The normalized spacial score (nSPS) is 10.3. The van der Waals surface area contributed by atoms with Crippen molar-refractivity contribution in [2.45, 2.75) is 17.7 Å². The van der Waals surface area contributed by atoms with Crippen LogP contribution in [0.1, 0.15) is 12.6 Å². The van der Waals surface area contributed by atoms with Gasteiger partial charge in [-0.3, -0.25) is 19.7 Å². The number of carbonyl (C=O) groups is 2. The minimum Gasteiger partial charge on any atom is -0.466 e. The molecule has 0 aliphatic carbocycles. The summed E-state index contributed by atoms with van der Waals surface area (Å²) < 4.78 is 5.53. The standard InChI is InChI=1S/C15H15N3O5S2/c1-2-23-14(20)7-11-8-24-15(17-11)25-9-13(19)16-10-3-5-12(6-4-10)18(21)22/h3-6,8H,2,7,9H2,1H3,(H,16,19). The van der Waals surface area contributed by atoms with Gasteiger partial charge in [0.25, 0.3) is 5.69 Å². The summed E-state index contributed by atoms with van der Waals surface area (Å²) in [4.78, 5) is 37.6. The lowest BCUT2D eigenvalue weighted by molar-refractivity contribution is -0.384. The highest BCUT2D eigenvalue weighted by Gasteiger charge is 2.11. The van der Waals surface area contributed by atoms with Crippen LogP contribution in [0.4, 0.5) is 11.4 Å². The number of ether oxygens (including phenoxy) is 1. The number of esters is 1. The summed E-state index contributed by atoms with van der Waals surface area (Å²) in [6, 6.07) is 5.60. The third kappa shape index (κ3) is 6.16. The second kappa shape index (κ2) is 9.14. The first-order valence-corrected chi connectivity index (χ1v) is 9.11. The third-order valence-electron chi connectivity index (χ3n) is 2.85. The van der Waals surface area contributed by atoms with Gasteiger partial charge in [-0.05, 0) is 19.1 Å². The number of nitrogens with zero attached hydrogens (tertiary/aromatic N) is 2. The van der Waals surface area contributed by atoms with Gasteiger partial charge in [-0.25, -0.2) is 4.98 Å². The summed E-state index contributed by atoms with van der Waals surface area (Å²) in [6.07, 6.45) is 0.111. The van der Waals surface area contributed by atoms with Gasteiger partial charge in [0, 0.05) is 23.2 Å². The molecule has 0 spiro atoms. The number of non-ortho nitro benzene ring substituents is 1. The number of thiazole rings is 1. The number of benzene rings is 1. The van der Waals surface area contributed by atoms with Gasteiger partial charge in [-0.2, -0.15) is 0 Å². The fourth-order valence-corrected chi connectivity index (χ4v) is 3.43. The molecule has 0 bridgehead atoms. The molecule has 1 aromatic carbocycles. The van der Waals surface area contributed by atoms with E-state index in [-0.39, 0.29) is 29.7 Å². The highest BCUT2D eigenvalue weighted by atomic mass is 32.2. The number of hydrogen-bond donors (Lipinski definition) is 1. The van der Waals surface area contributed by atoms with Crippen molar-refractivity contribution in [2.24, 2.45) is 0 Å². The van der Waals surface area contributed by atoms with Crippen LogP contribution in [0.2, 0.25) is 0 Å². The number of aromatic nitrogens is 1. The average molecular weight is 381 g/mol. The van der Waals surface area contributed by atoms with Gasteiger partial charge in [0.15, 0.2) is 4.34 Å². The van der Waals surface area contributed by atoms with Crippen molar-refractivity contribution in [3.05, 3.63) is 45.5 Å². The van der Waals surface area contributed by atoms with E-state index in [4.69, 9.17) is 4.74 Å². The Labute approximate surface area is 151 Å². The fraction of sp³-hybridized carbons (Fsp3) is 0.267. The molecule has 0 fully saturated rings. The number of hydrogen-bond acceptors (Lipinski definition) is 8. The van der Waals surface area contributed by atoms with Gasteiger partial charge in [-0.1, -0.05) is 11.8 Å². The SMILES string of the molecule is CCOC(=O)Cc1csc(SCC(=O)Nc2ccc([N+](=O)[O-])cc2)n1. The molecule has 0 saturated heterocycles. The van der Waals surface area contributed by atoms with Crippen molar-refractivity contribution in [3.63, 3.8) is 0 Å². The van der Waals surface area contributed by atoms with Crippen LogP contribution in [0, 0.1) is 10.1 Å². The molecule has 0 unspecified atom stereocenters. The van der Waals surface area contributed by atoms with E-state index in [9.17, 15) is 19.7 Å². The number of nitro benzene ring substituents is 1. The van der Waals surface area contributed by atoms with E-state index in [0.29, 0.717) is 22.3 Å². The Hall–Kier alpha value is -2.46. The van der Waals surface area contributed by atoms with Crippen LogP contribution in [0.15, 0.2) is 34.0 Å². The molecular formula is C15H15N3O5S2. The van der Waals surface area contributed by atoms with Crippen LogP contribution in [0.25, 0.3) is 0 Å². The molecular weight excluding hydrogens is 366 g/mol. The number of thioether (sulfide) groups is 1. The molecule has 132 valence electrons. The van der Waals surface area contributed by atoms with E-state index in [2.05, 4.69) is 10.3 Å². The lowest BCUT2D eigenvalue weighted by Gasteiger charge is -2.03. The topological polar surface area (TPSA) is 111 Å². The largest absolute Gasteiger partial charge is 0.466 e. The molecule has 0 aliphatic rings. The summed E-state index contributed by atoms with van der Waals surface area (Å²) in [6.45, 7) is 2.07. The summed E-state index contributed by atoms with van der Waals surface area (Å²) >= 11 is 2.60. The minimum absolute atomic E-state index is 0.0377. The number of nitrogens with one attached hydrogen (secondary N) is 1. The van der Waals surface area contributed by atoms with E-state index in [1.54, 1.807) is 12.3 Å². The van der Waals surface area contributed by atoms with Crippen LogP contribution in [0.5, 0.6) is 0 Å². The van der Waals surface area contributed by atoms with E-state index in [0.717, 1.165) is 0 Å². The van der Waals surface area contributed by atoms with Crippen molar-refractivity contribution in [3.8, 4) is 0 Å². The average Bonchev–Trinajstić information content (AvgIpc) is 3.01. The number of nitro groups is 1. The molecule has 1 N–H and O–H groups in total. The van der Waals surface area contributed by atoms with Crippen molar-refractivity contribution in [2.75, 3.05) is 17.7 Å². The predicted molar refractivity (Wildman–Crippen MR) is 94.9 cm³/mol. The highest BCUT2D eigenvalue weighted by Crippen LogP contribution is 2.23. The second-order valence-corrected chi connectivity index (χ2v) is 6.81. The van der Waals surface area contributed by atoms with Crippen molar-refractivity contribution in [1.82, 2.24) is 4.98 Å². The molecule has 2 aromatic rings. The molecule has 1 amide bonds. The molecule has 1 aromatic heterocycles. The van der Waals surface area contributed by atoms with Crippen LogP contribution in [-0.4, -0.2) is 34.1 Å². The number of rotatable bonds is 8. The van der Waals surface area contributed by atoms with Crippen LogP contribution in [-0.2, 0) is 20.7 Å². The maximum Gasteiger partial charge on any atom is 0.311 e. The third-order valence-corrected chi connectivity index (χ3v) is 4.92. The van der Waals surface area contributed by atoms with Crippen molar-refractivity contribution in [1.29, 1.82) is 0 Å². The molecule has 0 atom stereocenters. The lowest BCUT2D eigenvalue weighted by Crippen LogP contribution is -2.13. The van der Waals surface area contributed by atoms with E-state index >= 15 is 0 Å². The molecule has 0 radical (unpaired) electrons. The fourth-order valence-electron chi connectivity index (χ4n) is 1.79. The molecule has 10 heteroatoms. The number of anilines is 1. The Morgan fingerprint density at radius 1 is 1.36 bits per heavy atom. The Kier molecular flexibility index (Phi) is 6.90. The number of carbonyl (C=O) groups excluding carboxylic acids is 2. The molecule has 25 heavy (non-hydrogen) atoms. The van der Waals surface area contributed by atoms with Gasteiger partial charge in [0.05, 0.1) is 29.4 Å². The zero-order valence-corrected chi connectivity index (χ0v) is 14.9. The second-order valence-electron chi connectivity index (χ2n) is 4.73. The zero-order chi connectivity index (χ0) is 18.2. The Balaban J connectivity index is 1.80. The summed E-state index contributed by atoms with van der Waals surface area (Å²) in [5.41, 5.74) is 1.06. The molecule has 2 rings (SSSR count). The maximum atomic E-state index is 11.9. The van der Waals surface area contributed by atoms with Crippen molar-refractivity contribution < 1.29 is 19.2 Å². The maximum absolute atomic E-state index is 11.9. The van der Waals surface area contributed by atoms with Gasteiger partial charge in [-0.15, -0.1) is 11.3 Å². The molecule has 0 aliphatic heterocycles. The molecule has 0 saturated carbocycles. The van der Waals surface area contributed by atoms with Crippen molar-refractivity contribution >= 4 is 46.3 Å². The minimum atomic E-state index is -0.502. The Morgan fingerprint density at radius 2 is 2.08 bits per heavy atom. The Morgan fingerprint density at radius 3 is 2.72 bits per heavy atom. The van der Waals surface area contributed by atoms with Crippen LogP contribution < -0.4 is 5.32 Å². The summed E-state index contributed by atoms with van der Waals surface area (Å²) in [7, 11) is 0. The van der Waals surface area contributed by atoms with Gasteiger partial charge in [0.1, 0.15) is 0 Å². The van der Waals surface area contributed by atoms with Gasteiger partial charge < -0.3 is 10.1 Å². The lowest BCUT2D eigenvalue weighted by atomic mass is 10.3. The highest BCUT2D eigenvalue weighted by molar-refractivity contribution is 8.01. The monoisotopic (exact) mass is 381 g/mol. The zero-order valence-electron chi connectivity index (χ0n) is 13.3. The number of amides is 1. The quantitative estimate of drug-likeness (QED) is 0.324. The van der Waals surface area contributed by atoms with Crippen LogP contribution >= 0.6 is 23.1 Å². The first kappa shape index (κ1) is 18.9. The smallest absolute Gasteiger partial charge is 0.311 e.